The highest BCUT2D eigenvalue weighted by atomic mass is 32.2. The molecule has 0 N–H and O–H groups in total. The normalized spacial score (nSPS) is 16.4. The molecule has 2 aromatic rings. The van der Waals surface area contributed by atoms with E-state index in [1.54, 1.807) is 24.8 Å². The number of hydrogen-bond acceptors (Lipinski definition) is 6. The van der Waals surface area contributed by atoms with E-state index in [0.717, 1.165) is 5.69 Å². The lowest BCUT2D eigenvalue weighted by atomic mass is 10.2. The summed E-state index contributed by atoms with van der Waals surface area (Å²) < 4.78 is 32.8. The summed E-state index contributed by atoms with van der Waals surface area (Å²) in [5.41, 5.74) is 1.43. The van der Waals surface area contributed by atoms with E-state index in [-0.39, 0.29) is 29.9 Å². The maximum Gasteiger partial charge on any atom is 0.265 e. The molecule has 2 heterocycles. The third kappa shape index (κ3) is 4.74. The van der Waals surface area contributed by atoms with Gasteiger partial charge in [-0.05, 0) is 30.3 Å². The molecule has 9 nitrogen and oxygen atoms in total. The van der Waals surface area contributed by atoms with Crippen LogP contribution in [0.15, 0.2) is 53.4 Å². The Bertz CT molecular complexity index is 1140. The molecule has 4 rings (SSSR count). The first-order chi connectivity index (χ1) is 16.3. The molecule has 2 aromatic carbocycles. The molecular formula is C24H30N4O5S. The number of benzene rings is 2. The molecular weight excluding hydrogens is 456 g/mol. The number of anilines is 2. The van der Waals surface area contributed by atoms with Crippen molar-refractivity contribution in [3.05, 3.63) is 48.5 Å². The zero-order valence-electron chi connectivity index (χ0n) is 19.5. The lowest BCUT2D eigenvalue weighted by Crippen LogP contribution is -2.53. The van der Waals surface area contributed by atoms with Gasteiger partial charge in [0.2, 0.25) is 15.9 Å². The second-order valence-electron chi connectivity index (χ2n) is 8.19. The predicted octanol–water partition coefficient (Wildman–Crippen LogP) is 1.79. The largest absolute Gasteiger partial charge is 0.482 e. The van der Waals surface area contributed by atoms with Crippen molar-refractivity contribution >= 4 is 33.2 Å². The minimum Gasteiger partial charge on any atom is -0.482 e. The first-order valence-corrected chi connectivity index (χ1v) is 12.9. The van der Waals surface area contributed by atoms with E-state index in [9.17, 15) is 18.0 Å². The van der Waals surface area contributed by atoms with Crippen molar-refractivity contribution in [2.75, 3.05) is 62.2 Å². The van der Waals surface area contributed by atoms with Crippen molar-refractivity contribution < 1.29 is 22.7 Å². The van der Waals surface area contributed by atoms with Gasteiger partial charge in [0.25, 0.3) is 5.91 Å². The molecule has 0 aromatic heterocycles. The van der Waals surface area contributed by atoms with Gasteiger partial charge < -0.3 is 14.5 Å². The monoisotopic (exact) mass is 486 g/mol. The molecule has 10 heteroatoms. The summed E-state index contributed by atoms with van der Waals surface area (Å²) in [6, 6.07) is 14.5. The number of nitrogens with zero attached hydrogens (tertiary/aromatic N) is 4. The molecule has 2 aliphatic heterocycles. The number of rotatable bonds is 7. The quantitative estimate of drug-likeness (QED) is 0.593. The number of carbonyl (C=O) groups excluding carboxylic acids is 2. The Morgan fingerprint density at radius 2 is 1.68 bits per heavy atom. The smallest absolute Gasteiger partial charge is 0.265 e. The Morgan fingerprint density at radius 1 is 1.00 bits per heavy atom. The van der Waals surface area contributed by atoms with Gasteiger partial charge in [-0.3, -0.25) is 14.5 Å². The van der Waals surface area contributed by atoms with Crippen molar-refractivity contribution in [1.29, 1.82) is 0 Å². The average molecular weight is 487 g/mol. The van der Waals surface area contributed by atoms with Crippen LogP contribution in [0.1, 0.15) is 13.8 Å². The van der Waals surface area contributed by atoms with Crippen molar-refractivity contribution in [2.45, 2.75) is 18.7 Å². The van der Waals surface area contributed by atoms with Crippen LogP contribution in [-0.4, -0.2) is 81.9 Å². The Balaban J connectivity index is 1.50. The number of piperazine rings is 1. The van der Waals surface area contributed by atoms with Crippen LogP contribution in [0.4, 0.5) is 11.4 Å². The molecule has 0 saturated carbocycles. The van der Waals surface area contributed by atoms with E-state index in [4.69, 9.17) is 4.74 Å². The highest BCUT2D eigenvalue weighted by Crippen LogP contribution is 2.35. The third-order valence-corrected chi connectivity index (χ3v) is 8.31. The summed E-state index contributed by atoms with van der Waals surface area (Å²) in [7, 11) is -3.72. The van der Waals surface area contributed by atoms with E-state index in [1.807, 2.05) is 30.3 Å². The fraction of sp³-hybridized carbons (Fsp3) is 0.417. The topological polar surface area (TPSA) is 90.5 Å². The van der Waals surface area contributed by atoms with Crippen molar-refractivity contribution in [2.24, 2.45) is 0 Å². The van der Waals surface area contributed by atoms with E-state index < -0.39 is 10.0 Å². The molecule has 0 spiro atoms. The molecule has 2 amide bonds. The van der Waals surface area contributed by atoms with E-state index in [2.05, 4.69) is 4.90 Å². The van der Waals surface area contributed by atoms with Gasteiger partial charge in [0.1, 0.15) is 12.3 Å². The molecule has 0 aliphatic carbocycles. The average Bonchev–Trinajstić information content (AvgIpc) is 2.86. The molecule has 2 aliphatic rings. The number of amides is 2. The van der Waals surface area contributed by atoms with Gasteiger partial charge in [-0.15, -0.1) is 0 Å². The number of para-hydroxylation sites is 1. The number of fused-ring (bicyclic) bond motifs is 1. The fourth-order valence-corrected chi connectivity index (χ4v) is 5.79. The lowest BCUT2D eigenvalue weighted by Gasteiger charge is -2.37. The number of ether oxygens (including phenoxy) is 1. The Morgan fingerprint density at radius 3 is 2.32 bits per heavy atom. The second-order valence-corrected chi connectivity index (χ2v) is 10.1. The SMILES string of the molecule is CCN(CC)S(=O)(=O)c1ccc2c(c1)N(CC(=O)N1CCN(c3ccccc3)CC1)C(=O)CO2. The van der Waals surface area contributed by atoms with E-state index in [1.165, 1.54) is 21.3 Å². The predicted molar refractivity (Wildman–Crippen MR) is 130 cm³/mol. The maximum atomic E-state index is 13.1. The highest BCUT2D eigenvalue weighted by Gasteiger charge is 2.32. The van der Waals surface area contributed by atoms with Gasteiger partial charge in [0.15, 0.2) is 6.61 Å². The van der Waals surface area contributed by atoms with Crippen molar-refractivity contribution in [3.63, 3.8) is 0 Å². The number of hydrogen-bond donors (Lipinski definition) is 0. The van der Waals surface area contributed by atoms with Gasteiger partial charge in [-0.25, -0.2) is 8.42 Å². The molecule has 1 fully saturated rings. The molecule has 34 heavy (non-hydrogen) atoms. The highest BCUT2D eigenvalue weighted by molar-refractivity contribution is 7.89. The maximum absolute atomic E-state index is 13.1. The van der Waals surface area contributed by atoms with Crippen LogP contribution in [0.2, 0.25) is 0 Å². The van der Waals surface area contributed by atoms with Crippen LogP contribution < -0.4 is 14.5 Å². The number of carbonyl (C=O) groups is 2. The van der Waals surface area contributed by atoms with Crippen molar-refractivity contribution in [3.8, 4) is 5.75 Å². The summed E-state index contributed by atoms with van der Waals surface area (Å²) in [6.07, 6.45) is 0. The number of sulfonamides is 1. The van der Waals surface area contributed by atoms with E-state index >= 15 is 0 Å². The molecule has 1 saturated heterocycles. The Kier molecular flexibility index (Phi) is 7.08. The summed E-state index contributed by atoms with van der Waals surface area (Å²) in [5.74, 6) is -0.160. The molecule has 182 valence electrons. The van der Waals surface area contributed by atoms with Gasteiger partial charge >= 0.3 is 0 Å². The fourth-order valence-electron chi connectivity index (χ4n) is 4.32. The van der Waals surface area contributed by atoms with Gasteiger partial charge in [-0.1, -0.05) is 32.0 Å². The van der Waals surface area contributed by atoms with Crippen LogP contribution in [0.3, 0.4) is 0 Å². The summed E-state index contributed by atoms with van der Waals surface area (Å²) >= 11 is 0. The minimum absolute atomic E-state index is 0.0715. The zero-order valence-corrected chi connectivity index (χ0v) is 20.3. The molecule has 0 unspecified atom stereocenters. The van der Waals surface area contributed by atoms with Gasteiger partial charge in [-0.2, -0.15) is 4.31 Å². The summed E-state index contributed by atoms with van der Waals surface area (Å²) in [4.78, 5) is 31.2. The van der Waals surface area contributed by atoms with Crippen LogP contribution in [0.5, 0.6) is 5.75 Å². The summed E-state index contributed by atoms with van der Waals surface area (Å²) in [5, 5.41) is 0. The third-order valence-electron chi connectivity index (χ3n) is 6.26. The van der Waals surface area contributed by atoms with Crippen molar-refractivity contribution in [1.82, 2.24) is 9.21 Å². The van der Waals surface area contributed by atoms with Crippen LogP contribution in [0.25, 0.3) is 0 Å². The van der Waals surface area contributed by atoms with E-state index in [0.29, 0.717) is 50.7 Å². The van der Waals surface area contributed by atoms with Crippen LogP contribution in [-0.2, 0) is 19.6 Å². The lowest BCUT2D eigenvalue weighted by molar-refractivity contribution is -0.132. The Labute approximate surface area is 200 Å². The first-order valence-electron chi connectivity index (χ1n) is 11.5. The molecule has 0 bridgehead atoms. The van der Waals surface area contributed by atoms with Crippen LogP contribution >= 0.6 is 0 Å². The Hall–Kier alpha value is -3.11. The minimum atomic E-state index is -3.72. The van der Waals surface area contributed by atoms with Gasteiger partial charge in [0.05, 0.1) is 10.6 Å². The standard InChI is InChI=1S/C24H30N4O5S/c1-3-27(4-2)34(31,32)20-10-11-22-21(16-20)28(24(30)18-33-22)17-23(29)26-14-12-25(13-15-26)19-8-6-5-7-9-19/h5-11,16H,3-4,12-15,17-18H2,1-2H3. The second kappa shape index (κ2) is 10.0. The molecule has 0 radical (unpaired) electrons. The zero-order chi connectivity index (χ0) is 24.3. The summed E-state index contributed by atoms with van der Waals surface area (Å²) in [6.45, 7) is 6.38. The first kappa shape index (κ1) is 24.0. The van der Waals surface area contributed by atoms with Gasteiger partial charge in [0, 0.05) is 45.0 Å². The van der Waals surface area contributed by atoms with Crippen LogP contribution in [0, 0.1) is 0 Å². The molecule has 0 atom stereocenters.